The van der Waals surface area contributed by atoms with Gasteiger partial charge in [0.1, 0.15) is 0 Å². The molecule has 0 saturated heterocycles. The van der Waals surface area contributed by atoms with Gasteiger partial charge >= 0.3 is 5.97 Å². The van der Waals surface area contributed by atoms with E-state index in [0.29, 0.717) is 22.9 Å². The van der Waals surface area contributed by atoms with Gasteiger partial charge in [-0.15, -0.1) is 0 Å². The first-order valence-electron chi connectivity index (χ1n) is 6.75. The molecule has 0 bridgehead atoms. The molecule has 22 heavy (non-hydrogen) atoms. The molecule has 0 atom stereocenters. The summed E-state index contributed by atoms with van der Waals surface area (Å²) in [7, 11) is 0. The molecule has 116 valence electrons. The minimum Gasteiger partial charge on any atom is -0.481 e. The average Bonchev–Trinajstić information content (AvgIpc) is 2.97. The number of aliphatic carboxylic acids is 1. The predicted octanol–water partition coefficient (Wildman–Crippen LogP) is 2.93. The number of carboxylic acids is 1. The van der Waals surface area contributed by atoms with E-state index in [9.17, 15) is 9.59 Å². The minimum absolute atomic E-state index is 0.113. The van der Waals surface area contributed by atoms with Gasteiger partial charge in [-0.3, -0.25) is 9.59 Å². The third-order valence-corrected chi connectivity index (χ3v) is 3.34. The summed E-state index contributed by atoms with van der Waals surface area (Å²) in [6.07, 6.45) is -0.113. The van der Waals surface area contributed by atoms with Crippen molar-refractivity contribution in [1.29, 1.82) is 0 Å². The zero-order valence-electron chi connectivity index (χ0n) is 12.0. The molecule has 1 amide bonds. The second-order valence-corrected chi connectivity index (χ2v) is 5.05. The van der Waals surface area contributed by atoms with Gasteiger partial charge in [0.25, 0.3) is 5.91 Å². The number of aromatic nitrogens is 1. The van der Waals surface area contributed by atoms with Crippen molar-refractivity contribution in [3.63, 3.8) is 0 Å². The fraction of sp³-hybridized carbons (Fsp3) is 0.267. The van der Waals surface area contributed by atoms with Crippen molar-refractivity contribution in [3.05, 3.63) is 41.0 Å². The monoisotopic (exact) mass is 322 g/mol. The van der Waals surface area contributed by atoms with Crippen molar-refractivity contribution in [2.24, 2.45) is 0 Å². The molecular weight excluding hydrogens is 308 g/mol. The van der Waals surface area contributed by atoms with Crippen LogP contribution in [0.25, 0.3) is 11.3 Å². The van der Waals surface area contributed by atoms with Crippen LogP contribution < -0.4 is 0 Å². The number of rotatable bonds is 6. The number of amides is 1. The summed E-state index contributed by atoms with van der Waals surface area (Å²) in [4.78, 5) is 24.3. The Morgan fingerprint density at radius 2 is 2.14 bits per heavy atom. The largest absolute Gasteiger partial charge is 0.481 e. The van der Waals surface area contributed by atoms with Gasteiger partial charge in [-0.25, -0.2) is 0 Å². The Morgan fingerprint density at radius 3 is 2.77 bits per heavy atom. The highest BCUT2D eigenvalue weighted by molar-refractivity contribution is 6.30. The van der Waals surface area contributed by atoms with Gasteiger partial charge in [0.2, 0.25) is 0 Å². The first kappa shape index (κ1) is 16.0. The van der Waals surface area contributed by atoms with Crippen LogP contribution in [0.15, 0.2) is 34.9 Å². The van der Waals surface area contributed by atoms with Crippen LogP contribution in [0.4, 0.5) is 0 Å². The molecule has 2 aromatic rings. The molecule has 0 fully saturated rings. The Bertz CT molecular complexity index is 684. The molecule has 1 aromatic carbocycles. The van der Waals surface area contributed by atoms with E-state index in [2.05, 4.69) is 5.16 Å². The summed E-state index contributed by atoms with van der Waals surface area (Å²) in [5, 5.41) is 13.0. The van der Waals surface area contributed by atoms with Crippen LogP contribution in [0.3, 0.4) is 0 Å². The molecule has 1 heterocycles. The summed E-state index contributed by atoms with van der Waals surface area (Å²) >= 11 is 5.92. The summed E-state index contributed by atoms with van der Waals surface area (Å²) in [5.41, 5.74) is 0.856. The SMILES string of the molecule is CCN(CCC(=O)O)C(=O)c1cc(-c2cccc(Cl)c2)on1. The molecule has 1 N–H and O–H groups in total. The lowest BCUT2D eigenvalue weighted by atomic mass is 10.1. The Morgan fingerprint density at radius 1 is 1.36 bits per heavy atom. The van der Waals surface area contributed by atoms with Crippen molar-refractivity contribution in [3.8, 4) is 11.3 Å². The molecular formula is C15H15ClN2O4. The molecule has 6 nitrogen and oxygen atoms in total. The average molecular weight is 323 g/mol. The summed E-state index contributed by atoms with van der Waals surface area (Å²) < 4.78 is 5.17. The highest BCUT2D eigenvalue weighted by Gasteiger charge is 2.20. The van der Waals surface area contributed by atoms with Gasteiger partial charge in [0.05, 0.1) is 6.42 Å². The van der Waals surface area contributed by atoms with Gasteiger partial charge in [0, 0.05) is 29.7 Å². The van der Waals surface area contributed by atoms with E-state index in [1.54, 1.807) is 31.2 Å². The third-order valence-electron chi connectivity index (χ3n) is 3.10. The van der Waals surface area contributed by atoms with E-state index in [1.807, 2.05) is 0 Å². The number of halogens is 1. The molecule has 0 unspecified atom stereocenters. The van der Waals surface area contributed by atoms with E-state index in [0.717, 1.165) is 0 Å². The first-order valence-corrected chi connectivity index (χ1v) is 7.12. The molecule has 0 aliphatic rings. The van der Waals surface area contributed by atoms with Crippen LogP contribution in [0.1, 0.15) is 23.8 Å². The van der Waals surface area contributed by atoms with E-state index in [-0.39, 0.29) is 24.6 Å². The molecule has 0 radical (unpaired) electrons. The van der Waals surface area contributed by atoms with Crippen LogP contribution in [0.2, 0.25) is 5.02 Å². The van der Waals surface area contributed by atoms with Gasteiger partial charge in [0.15, 0.2) is 11.5 Å². The molecule has 0 saturated carbocycles. The number of carboxylic acid groups (broad SMARTS) is 1. The van der Waals surface area contributed by atoms with Crippen LogP contribution in [-0.4, -0.2) is 40.1 Å². The summed E-state index contributed by atoms with van der Waals surface area (Å²) in [6.45, 7) is 2.30. The maximum absolute atomic E-state index is 12.3. The molecule has 7 heteroatoms. The number of hydrogen-bond donors (Lipinski definition) is 1. The lowest BCUT2D eigenvalue weighted by Gasteiger charge is -2.18. The van der Waals surface area contributed by atoms with Crippen molar-refractivity contribution in [1.82, 2.24) is 10.1 Å². The first-order chi connectivity index (χ1) is 10.5. The Hall–Kier alpha value is -2.34. The van der Waals surface area contributed by atoms with Crippen molar-refractivity contribution in [2.75, 3.05) is 13.1 Å². The second kappa shape index (κ2) is 7.09. The predicted molar refractivity (Wildman–Crippen MR) is 80.8 cm³/mol. The van der Waals surface area contributed by atoms with E-state index in [1.165, 1.54) is 11.0 Å². The Kier molecular flexibility index (Phi) is 5.16. The highest BCUT2D eigenvalue weighted by atomic mass is 35.5. The van der Waals surface area contributed by atoms with Crippen LogP contribution in [0.5, 0.6) is 0 Å². The van der Waals surface area contributed by atoms with Crippen molar-refractivity contribution in [2.45, 2.75) is 13.3 Å². The van der Waals surface area contributed by atoms with Gasteiger partial charge in [-0.05, 0) is 19.1 Å². The third kappa shape index (κ3) is 3.85. The molecule has 0 aliphatic carbocycles. The number of carbonyl (C=O) groups excluding carboxylic acids is 1. The Balaban J connectivity index is 2.16. The maximum atomic E-state index is 12.3. The fourth-order valence-corrected chi connectivity index (χ4v) is 2.14. The zero-order valence-corrected chi connectivity index (χ0v) is 12.7. The lowest BCUT2D eigenvalue weighted by molar-refractivity contribution is -0.137. The van der Waals surface area contributed by atoms with E-state index < -0.39 is 5.97 Å². The molecule has 0 aliphatic heterocycles. The van der Waals surface area contributed by atoms with Crippen LogP contribution in [-0.2, 0) is 4.79 Å². The molecule has 0 spiro atoms. The Labute approximate surface area is 132 Å². The zero-order chi connectivity index (χ0) is 16.1. The highest BCUT2D eigenvalue weighted by Crippen LogP contribution is 2.23. The number of carbonyl (C=O) groups is 2. The number of benzene rings is 1. The standard InChI is InChI=1S/C15H15ClN2O4/c1-2-18(7-6-14(19)20)15(21)12-9-13(22-17-12)10-4-3-5-11(16)8-10/h3-5,8-9H,2,6-7H2,1H3,(H,19,20). The molecule has 2 rings (SSSR count). The number of nitrogens with zero attached hydrogens (tertiary/aromatic N) is 2. The van der Waals surface area contributed by atoms with E-state index >= 15 is 0 Å². The maximum Gasteiger partial charge on any atom is 0.305 e. The topological polar surface area (TPSA) is 83.6 Å². The van der Waals surface area contributed by atoms with Gasteiger partial charge < -0.3 is 14.5 Å². The van der Waals surface area contributed by atoms with Gasteiger partial charge in [-0.2, -0.15) is 0 Å². The summed E-state index contributed by atoms with van der Waals surface area (Å²) in [6, 6.07) is 8.53. The lowest BCUT2D eigenvalue weighted by Crippen LogP contribution is -2.33. The minimum atomic E-state index is -0.953. The van der Waals surface area contributed by atoms with Crippen molar-refractivity contribution >= 4 is 23.5 Å². The molecule has 1 aromatic heterocycles. The van der Waals surface area contributed by atoms with Crippen LogP contribution in [0, 0.1) is 0 Å². The second-order valence-electron chi connectivity index (χ2n) is 4.62. The van der Waals surface area contributed by atoms with E-state index in [4.69, 9.17) is 21.2 Å². The normalized spacial score (nSPS) is 10.5. The van der Waals surface area contributed by atoms with Crippen LogP contribution >= 0.6 is 11.6 Å². The quantitative estimate of drug-likeness (QED) is 0.884. The number of hydrogen-bond acceptors (Lipinski definition) is 4. The van der Waals surface area contributed by atoms with Crippen molar-refractivity contribution < 1.29 is 19.2 Å². The summed E-state index contributed by atoms with van der Waals surface area (Å²) in [5.74, 6) is -0.882. The fourth-order valence-electron chi connectivity index (χ4n) is 1.95. The smallest absolute Gasteiger partial charge is 0.305 e. The van der Waals surface area contributed by atoms with Gasteiger partial charge in [-0.1, -0.05) is 28.9 Å².